The largest absolute Gasteiger partial charge is 0.398 e. The van der Waals surface area contributed by atoms with E-state index in [2.05, 4.69) is 0 Å². The molecule has 0 spiro atoms. The third kappa shape index (κ3) is 2.66. The third-order valence-corrected chi connectivity index (χ3v) is 1.15. The summed E-state index contributed by atoms with van der Waals surface area (Å²) in [6.07, 6.45) is -4.78. The minimum Gasteiger partial charge on any atom is -0.333 e. The Balaban J connectivity index is 4.22. The molecule has 0 aliphatic carbocycles. The van der Waals surface area contributed by atoms with Crippen molar-refractivity contribution < 1.29 is 26.7 Å². The van der Waals surface area contributed by atoms with Gasteiger partial charge in [-0.2, -0.15) is 8.78 Å². The Morgan fingerprint density at radius 3 is 1.78 bits per heavy atom. The highest BCUT2D eigenvalue weighted by Crippen LogP contribution is 2.17. The van der Waals surface area contributed by atoms with Gasteiger partial charge in [-0.3, -0.25) is 0 Å². The van der Waals surface area contributed by atoms with Crippen molar-refractivity contribution in [1.29, 1.82) is 0 Å². The number of halogens is 3. The number of hydrogen-bond acceptors (Lipinski definition) is 3. The molecule has 0 aliphatic rings. The first kappa shape index (κ1) is 8.70. The number of alkyl halides is 3. The van der Waals surface area contributed by atoms with E-state index in [9.17, 15) is 21.6 Å². The normalized spacial score (nSPS) is 16.1. The maximum absolute atomic E-state index is 11.4. The summed E-state index contributed by atoms with van der Waals surface area (Å²) in [5.41, 5.74) is -3.51. The molecule has 3 nitrogen and oxygen atoms in total. The van der Waals surface area contributed by atoms with Gasteiger partial charge in [0.2, 0.25) is 0 Å². The topological polar surface area (TPSA) is 54.4 Å². The van der Waals surface area contributed by atoms with Gasteiger partial charge in [0.1, 0.15) is 0 Å². The number of hydrogen-bond donors (Lipinski definition) is 2. The number of aliphatic hydroxyl groups is 1. The highest BCUT2D eigenvalue weighted by atomic mass is 32.2. The van der Waals surface area contributed by atoms with Gasteiger partial charge in [0.25, 0.3) is 5.50 Å². The Kier molecular flexibility index (Phi) is 2.44. The molecule has 0 radical (unpaired) electrons. The van der Waals surface area contributed by atoms with Gasteiger partial charge in [-0.25, -0.2) is 12.8 Å². The van der Waals surface area contributed by atoms with Crippen LogP contribution < -0.4 is 0 Å². The summed E-state index contributed by atoms with van der Waals surface area (Å²) in [6, 6.07) is 0. The summed E-state index contributed by atoms with van der Waals surface area (Å²) in [6.45, 7) is 0. The molecule has 0 aromatic carbocycles. The van der Waals surface area contributed by atoms with Gasteiger partial charge >= 0.3 is 6.11 Å². The lowest BCUT2D eigenvalue weighted by atomic mass is 10.7. The molecule has 0 fully saturated rings. The van der Waals surface area contributed by atoms with E-state index < -0.39 is 22.3 Å². The third-order valence-electron chi connectivity index (χ3n) is 0.472. The van der Waals surface area contributed by atoms with Gasteiger partial charge in [-0.15, -0.1) is 0 Å². The second-order valence-electron chi connectivity index (χ2n) is 1.21. The summed E-state index contributed by atoms with van der Waals surface area (Å²) in [5.74, 6) is 0. The second-order valence-corrected chi connectivity index (χ2v) is 2.23. The molecule has 56 valence electrons. The zero-order valence-electron chi connectivity index (χ0n) is 3.92. The van der Waals surface area contributed by atoms with Crippen molar-refractivity contribution >= 4 is 10.7 Å². The van der Waals surface area contributed by atoms with E-state index in [1.807, 2.05) is 0 Å². The van der Waals surface area contributed by atoms with Crippen LogP contribution in [0.2, 0.25) is 0 Å². The van der Waals surface area contributed by atoms with Crippen molar-refractivity contribution in [3.63, 3.8) is 0 Å². The van der Waals surface area contributed by atoms with Crippen LogP contribution in [0.3, 0.4) is 0 Å². The maximum Gasteiger partial charge on any atom is 0.398 e. The van der Waals surface area contributed by atoms with Crippen LogP contribution in [-0.4, -0.2) is 25.1 Å². The molecule has 0 saturated heterocycles. The van der Waals surface area contributed by atoms with Crippen molar-refractivity contribution in [2.75, 3.05) is 0 Å². The predicted molar refractivity (Wildman–Crippen MR) is 22.4 cm³/mol. The Morgan fingerprint density at radius 2 is 1.78 bits per heavy atom. The molecule has 0 saturated carbocycles. The van der Waals surface area contributed by atoms with Crippen LogP contribution in [0, 0.1) is 0 Å². The van der Waals surface area contributed by atoms with Gasteiger partial charge in [-0.1, -0.05) is 0 Å². The monoisotopic (exact) mass is 164 g/mol. The van der Waals surface area contributed by atoms with E-state index in [-0.39, 0.29) is 0 Å². The van der Waals surface area contributed by atoms with Crippen molar-refractivity contribution in [2.24, 2.45) is 0 Å². The first-order valence-electron chi connectivity index (χ1n) is 1.73. The van der Waals surface area contributed by atoms with E-state index in [0.717, 1.165) is 0 Å². The maximum atomic E-state index is 11.4. The summed E-state index contributed by atoms with van der Waals surface area (Å²) in [5, 5.41) is 7.36. The molecule has 9 heavy (non-hydrogen) atoms. The Hall–Kier alpha value is -0.300. The summed E-state index contributed by atoms with van der Waals surface area (Å²) >= 11 is 0. The second kappa shape index (κ2) is 2.53. The SMILES string of the molecule is O=[SH](=O)C(F)C(O)(F)F. The van der Waals surface area contributed by atoms with Crippen LogP contribution in [0.25, 0.3) is 0 Å². The van der Waals surface area contributed by atoms with E-state index in [0.29, 0.717) is 0 Å². The lowest BCUT2D eigenvalue weighted by molar-refractivity contribution is -0.219. The molecular formula is C2H3F3O3S. The number of rotatable bonds is 2. The zero-order valence-corrected chi connectivity index (χ0v) is 4.82. The van der Waals surface area contributed by atoms with Crippen molar-refractivity contribution in [3.05, 3.63) is 0 Å². The van der Waals surface area contributed by atoms with Gasteiger partial charge in [0.05, 0.1) is 0 Å². The molecule has 0 rings (SSSR count). The predicted octanol–water partition coefficient (Wildman–Crippen LogP) is -0.521. The molecule has 0 aromatic heterocycles. The highest BCUT2D eigenvalue weighted by Gasteiger charge is 2.40. The van der Waals surface area contributed by atoms with Gasteiger partial charge < -0.3 is 5.11 Å². The smallest absolute Gasteiger partial charge is 0.333 e. The number of thiol groups is 1. The minimum atomic E-state index is -4.78. The molecule has 0 aliphatic heterocycles. The van der Waals surface area contributed by atoms with Crippen LogP contribution in [0.15, 0.2) is 0 Å². The molecule has 0 aromatic rings. The molecule has 1 N–H and O–H groups in total. The van der Waals surface area contributed by atoms with Crippen LogP contribution >= 0.6 is 0 Å². The molecular weight excluding hydrogens is 161 g/mol. The average Bonchev–Trinajstić information content (AvgIpc) is 1.62. The molecule has 0 bridgehead atoms. The van der Waals surface area contributed by atoms with Gasteiger partial charge in [0, 0.05) is 0 Å². The van der Waals surface area contributed by atoms with Gasteiger partial charge in [-0.05, 0) is 0 Å². The van der Waals surface area contributed by atoms with Crippen LogP contribution in [0.4, 0.5) is 13.2 Å². The highest BCUT2D eigenvalue weighted by molar-refractivity contribution is 7.73. The van der Waals surface area contributed by atoms with E-state index in [1.54, 1.807) is 0 Å². The quantitative estimate of drug-likeness (QED) is 0.540. The van der Waals surface area contributed by atoms with Crippen LogP contribution in [-0.2, 0) is 10.7 Å². The van der Waals surface area contributed by atoms with Crippen molar-refractivity contribution in [2.45, 2.75) is 11.6 Å². The standard InChI is InChI=1S/C2H3F3O3S/c3-1(9(7)8)2(4,5)6/h1,6,9H. The van der Waals surface area contributed by atoms with Crippen molar-refractivity contribution in [1.82, 2.24) is 0 Å². The summed E-state index contributed by atoms with van der Waals surface area (Å²) < 4.78 is 52.5. The fourth-order valence-corrected chi connectivity index (χ4v) is 0.380. The van der Waals surface area contributed by atoms with Gasteiger partial charge in [0.15, 0.2) is 10.7 Å². The molecule has 0 heterocycles. The lowest BCUT2D eigenvalue weighted by Gasteiger charge is -2.06. The molecule has 7 heteroatoms. The summed E-state index contributed by atoms with van der Waals surface area (Å²) in [4.78, 5) is 0. The van der Waals surface area contributed by atoms with E-state index in [4.69, 9.17) is 5.11 Å². The van der Waals surface area contributed by atoms with Crippen LogP contribution in [0.5, 0.6) is 0 Å². The summed E-state index contributed by atoms with van der Waals surface area (Å²) in [7, 11) is -3.92. The van der Waals surface area contributed by atoms with E-state index in [1.165, 1.54) is 0 Å². The first-order chi connectivity index (χ1) is 3.85. The Bertz CT molecular complexity index is 151. The first-order valence-corrected chi connectivity index (χ1v) is 2.98. The molecule has 0 amide bonds. The fraction of sp³-hybridized carbons (Fsp3) is 1.00. The van der Waals surface area contributed by atoms with Crippen LogP contribution in [0.1, 0.15) is 0 Å². The molecule has 1 atom stereocenters. The lowest BCUT2D eigenvalue weighted by Crippen LogP contribution is -2.30. The zero-order chi connectivity index (χ0) is 7.65. The van der Waals surface area contributed by atoms with Crippen molar-refractivity contribution in [3.8, 4) is 0 Å². The average molecular weight is 164 g/mol. The Labute approximate surface area is 50.1 Å². The molecule has 1 unspecified atom stereocenters. The fourth-order valence-electron chi connectivity index (χ4n) is 0.127. The van der Waals surface area contributed by atoms with E-state index >= 15 is 0 Å². The Morgan fingerprint density at radius 1 is 1.44 bits per heavy atom. The minimum absolute atomic E-state index is 3.51.